The molecule has 5 heterocycles. The summed E-state index contributed by atoms with van der Waals surface area (Å²) in [6.07, 6.45) is 0.649. The van der Waals surface area contributed by atoms with E-state index in [4.69, 9.17) is 33.2 Å². The van der Waals surface area contributed by atoms with Crippen LogP contribution in [0.5, 0.6) is 0 Å². The van der Waals surface area contributed by atoms with Crippen LogP contribution < -0.4 is 0 Å². The normalized spacial score (nSPS) is 47.8. The highest BCUT2D eigenvalue weighted by molar-refractivity contribution is 5.66. The average Bonchev–Trinajstić information content (AvgIpc) is 2.72. The second kappa shape index (κ2) is 8.81. The van der Waals surface area contributed by atoms with Crippen LogP contribution in [0.25, 0.3) is 0 Å². The van der Waals surface area contributed by atoms with Crippen LogP contribution in [0.3, 0.4) is 0 Å². The Morgan fingerprint density at radius 2 is 1.72 bits per heavy atom. The van der Waals surface area contributed by atoms with E-state index in [2.05, 4.69) is 0 Å². The average molecular weight is 456 g/mol. The molecule has 10 nitrogen and oxygen atoms in total. The summed E-state index contributed by atoms with van der Waals surface area (Å²) in [4.78, 5) is 22.9. The van der Waals surface area contributed by atoms with Crippen molar-refractivity contribution in [3.05, 3.63) is 0 Å². The molecule has 10 atom stereocenters. The van der Waals surface area contributed by atoms with Crippen molar-refractivity contribution in [3.8, 4) is 0 Å². The highest BCUT2D eigenvalue weighted by Gasteiger charge is 2.58. The summed E-state index contributed by atoms with van der Waals surface area (Å²) in [5.41, 5.74) is 0. The van der Waals surface area contributed by atoms with Crippen LogP contribution >= 0.6 is 0 Å². The van der Waals surface area contributed by atoms with E-state index in [1.807, 2.05) is 0 Å². The summed E-state index contributed by atoms with van der Waals surface area (Å²) in [6, 6.07) is 0. The second-order valence-corrected chi connectivity index (χ2v) is 9.50. The van der Waals surface area contributed by atoms with Crippen molar-refractivity contribution in [2.24, 2.45) is 0 Å². The molecule has 0 spiro atoms. The first kappa shape index (κ1) is 22.5. The number of esters is 2. The van der Waals surface area contributed by atoms with E-state index >= 15 is 0 Å². The summed E-state index contributed by atoms with van der Waals surface area (Å²) in [6.45, 7) is 3.32. The SMILES string of the molecule is CC(=O)OC[C@H]1O[C@H]2C[C@H]3O[C@@]4(O)C[C@H]5OCCC[C@@H]5O[C@@H]4C[C@@H]3O[C@@H]2C[C@@H]1OC(C)=O. The van der Waals surface area contributed by atoms with Gasteiger partial charge in [0.1, 0.15) is 24.9 Å². The number of rotatable bonds is 3. The van der Waals surface area contributed by atoms with E-state index in [0.29, 0.717) is 32.3 Å². The summed E-state index contributed by atoms with van der Waals surface area (Å²) in [5.74, 6) is -2.27. The van der Waals surface area contributed by atoms with Gasteiger partial charge in [0.05, 0.1) is 36.6 Å². The second-order valence-electron chi connectivity index (χ2n) is 9.50. The molecule has 10 heteroatoms. The molecule has 5 fully saturated rings. The van der Waals surface area contributed by atoms with E-state index in [1.165, 1.54) is 13.8 Å². The van der Waals surface area contributed by atoms with Gasteiger partial charge in [-0.2, -0.15) is 0 Å². The molecule has 0 aromatic carbocycles. The lowest BCUT2D eigenvalue weighted by Gasteiger charge is -2.56. The lowest BCUT2D eigenvalue weighted by molar-refractivity contribution is -0.393. The van der Waals surface area contributed by atoms with Gasteiger partial charge in [-0.3, -0.25) is 9.59 Å². The van der Waals surface area contributed by atoms with E-state index in [0.717, 1.165) is 12.8 Å². The maximum atomic E-state index is 11.6. The van der Waals surface area contributed by atoms with Gasteiger partial charge < -0.3 is 38.3 Å². The Morgan fingerprint density at radius 3 is 2.50 bits per heavy atom. The fourth-order valence-electron chi connectivity index (χ4n) is 5.72. The lowest BCUT2D eigenvalue weighted by atomic mass is 9.82. The molecule has 5 rings (SSSR count). The number of aliphatic hydroxyl groups is 1. The molecule has 5 saturated heterocycles. The molecule has 1 N–H and O–H groups in total. The number of carbonyl (C=O) groups is 2. The number of ether oxygens (including phenoxy) is 7. The topological polar surface area (TPSA) is 119 Å². The van der Waals surface area contributed by atoms with Crippen LogP contribution in [0.4, 0.5) is 0 Å². The van der Waals surface area contributed by atoms with Crippen LogP contribution in [0.2, 0.25) is 0 Å². The van der Waals surface area contributed by atoms with Crippen molar-refractivity contribution in [2.75, 3.05) is 13.2 Å². The van der Waals surface area contributed by atoms with E-state index < -0.39 is 36.0 Å². The van der Waals surface area contributed by atoms with Crippen LogP contribution in [0.15, 0.2) is 0 Å². The van der Waals surface area contributed by atoms with Crippen molar-refractivity contribution in [2.45, 2.75) is 113 Å². The first-order valence-electron chi connectivity index (χ1n) is 11.6. The Balaban J connectivity index is 1.28. The molecule has 0 amide bonds. The van der Waals surface area contributed by atoms with Crippen molar-refractivity contribution in [3.63, 3.8) is 0 Å². The Labute approximate surface area is 186 Å². The molecular formula is C22H32O10. The predicted octanol–water partition coefficient (Wildman–Crippen LogP) is 0.610. The highest BCUT2D eigenvalue weighted by atomic mass is 16.7. The summed E-state index contributed by atoms with van der Waals surface area (Å²) >= 11 is 0. The summed E-state index contributed by atoms with van der Waals surface area (Å²) in [7, 11) is 0. The first-order chi connectivity index (χ1) is 15.3. The number of carbonyl (C=O) groups excluding carboxylic acids is 2. The maximum Gasteiger partial charge on any atom is 0.302 e. The molecule has 5 aliphatic heterocycles. The fraction of sp³-hybridized carbons (Fsp3) is 0.909. The third-order valence-electron chi connectivity index (χ3n) is 7.16. The highest BCUT2D eigenvalue weighted by Crippen LogP contribution is 2.46. The van der Waals surface area contributed by atoms with Gasteiger partial charge in [0.25, 0.3) is 0 Å². The Kier molecular flexibility index (Phi) is 6.19. The first-order valence-corrected chi connectivity index (χ1v) is 11.6. The van der Waals surface area contributed by atoms with Crippen LogP contribution in [-0.4, -0.2) is 91.0 Å². The van der Waals surface area contributed by atoms with Gasteiger partial charge in [-0.25, -0.2) is 0 Å². The van der Waals surface area contributed by atoms with Gasteiger partial charge in [0.2, 0.25) is 0 Å². The molecule has 180 valence electrons. The van der Waals surface area contributed by atoms with Gasteiger partial charge in [0, 0.05) is 46.1 Å². The smallest absolute Gasteiger partial charge is 0.302 e. The summed E-state index contributed by atoms with van der Waals surface area (Å²) in [5, 5.41) is 11.3. The molecule has 32 heavy (non-hydrogen) atoms. The molecule has 0 aromatic heterocycles. The molecule has 0 aromatic rings. The van der Waals surface area contributed by atoms with Crippen LogP contribution in [0.1, 0.15) is 52.4 Å². The summed E-state index contributed by atoms with van der Waals surface area (Å²) < 4.78 is 41.3. The zero-order valence-electron chi connectivity index (χ0n) is 18.5. The van der Waals surface area contributed by atoms with E-state index in [9.17, 15) is 14.7 Å². The van der Waals surface area contributed by atoms with E-state index in [-0.39, 0.29) is 43.2 Å². The van der Waals surface area contributed by atoms with E-state index in [1.54, 1.807) is 0 Å². The third-order valence-corrected chi connectivity index (χ3v) is 7.16. The van der Waals surface area contributed by atoms with Crippen molar-refractivity contribution in [1.82, 2.24) is 0 Å². The minimum Gasteiger partial charge on any atom is -0.463 e. The van der Waals surface area contributed by atoms with Gasteiger partial charge in [0.15, 0.2) is 5.79 Å². The molecule has 0 unspecified atom stereocenters. The minimum atomic E-state index is -1.41. The number of fused-ring (bicyclic) bond motifs is 4. The number of hydrogen-bond acceptors (Lipinski definition) is 10. The molecular weight excluding hydrogens is 424 g/mol. The van der Waals surface area contributed by atoms with Crippen molar-refractivity contribution >= 4 is 11.9 Å². The molecule has 0 aliphatic carbocycles. The largest absolute Gasteiger partial charge is 0.463 e. The lowest BCUT2D eigenvalue weighted by Crippen LogP contribution is -2.68. The zero-order valence-corrected chi connectivity index (χ0v) is 18.5. The van der Waals surface area contributed by atoms with Gasteiger partial charge in [-0.05, 0) is 12.8 Å². The fourth-order valence-corrected chi connectivity index (χ4v) is 5.72. The minimum absolute atomic E-state index is 0.00822. The number of hydrogen-bond donors (Lipinski definition) is 1. The van der Waals surface area contributed by atoms with Crippen molar-refractivity contribution in [1.29, 1.82) is 0 Å². The van der Waals surface area contributed by atoms with Gasteiger partial charge >= 0.3 is 11.9 Å². The van der Waals surface area contributed by atoms with Gasteiger partial charge in [-0.15, -0.1) is 0 Å². The quantitative estimate of drug-likeness (QED) is 0.605. The monoisotopic (exact) mass is 456 g/mol. The molecule has 0 saturated carbocycles. The molecule has 0 radical (unpaired) electrons. The maximum absolute atomic E-state index is 11.6. The Hall–Kier alpha value is -1.30. The molecule has 0 bridgehead atoms. The van der Waals surface area contributed by atoms with Crippen molar-refractivity contribution < 1.29 is 47.9 Å². The zero-order chi connectivity index (χ0) is 22.5. The van der Waals surface area contributed by atoms with Crippen LogP contribution in [0, 0.1) is 0 Å². The molecule has 5 aliphatic rings. The Morgan fingerprint density at radius 1 is 0.938 bits per heavy atom. The van der Waals surface area contributed by atoms with Crippen LogP contribution in [-0.2, 0) is 42.7 Å². The van der Waals surface area contributed by atoms with Gasteiger partial charge in [-0.1, -0.05) is 0 Å². The standard InChI is InChI=1S/C22H32O10/c1-11(23)27-10-20-16(28-12(2)24)6-14-15(30-20)7-18-17(29-14)8-21-22(25,32-18)9-19-13(31-21)4-3-5-26-19/h13-21,25H,3-10H2,1-2H3/t13-,14+,15-,16-,17-,18+,19+,20+,21+,22-/m0/s1. The Bertz CT molecular complexity index is 730. The third kappa shape index (κ3) is 4.41. The predicted molar refractivity (Wildman–Crippen MR) is 105 cm³/mol.